The highest BCUT2D eigenvalue weighted by molar-refractivity contribution is 6.32. The third kappa shape index (κ3) is 5.41. The van der Waals surface area contributed by atoms with Crippen molar-refractivity contribution in [3.8, 4) is 11.5 Å². The van der Waals surface area contributed by atoms with Crippen molar-refractivity contribution in [2.24, 2.45) is 4.99 Å². The van der Waals surface area contributed by atoms with Crippen LogP contribution in [0.2, 0.25) is 5.02 Å². The third-order valence-electron chi connectivity index (χ3n) is 4.19. The maximum Gasteiger partial charge on any atom is 0.191 e. The number of benzene rings is 1. The van der Waals surface area contributed by atoms with E-state index in [1.54, 1.807) is 14.2 Å². The first-order valence-electron chi connectivity index (χ1n) is 8.59. The van der Waals surface area contributed by atoms with Crippen LogP contribution in [0.25, 0.3) is 0 Å². The van der Waals surface area contributed by atoms with E-state index in [0.29, 0.717) is 29.7 Å². The fourth-order valence-electron chi connectivity index (χ4n) is 2.81. The number of guanidine groups is 1. The second kappa shape index (κ2) is 9.15. The lowest BCUT2D eigenvalue weighted by Crippen LogP contribution is -2.45. The van der Waals surface area contributed by atoms with Crippen LogP contribution in [0.5, 0.6) is 11.5 Å². The summed E-state index contributed by atoms with van der Waals surface area (Å²) in [6, 6.07) is 3.79. The fraction of sp³-hybridized carbons (Fsp3) is 0.611. The zero-order valence-electron chi connectivity index (χ0n) is 15.4. The van der Waals surface area contributed by atoms with E-state index in [9.17, 15) is 0 Å². The van der Waals surface area contributed by atoms with E-state index >= 15 is 0 Å². The molecule has 1 saturated heterocycles. The summed E-state index contributed by atoms with van der Waals surface area (Å²) in [5.74, 6) is 1.92. The van der Waals surface area contributed by atoms with Crippen LogP contribution in [-0.4, -0.2) is 45.5 Å². The predicted molar refractivity (Wildman–Crippen MR) is 101 cm³/mol. The Balaban J connectivity index is 1.95. The van der Waals surface area contributed by atoms with E-state index in [4.69, 9.17) is 25.8 Å². The van der Waals surface area contributed by atoms with Gasteiger partial charge in [0.15, 0.2) is 17.5 Å². The van der Waals surface area contributed by atoms with Gasteiger partial charge in [0.1, 0.15) is 0 Å². The fourth-order valence-corrected chi connectivity index (χ4v) is 3.10. The molecule has 7 heteroatoms. The number of nitrogens with zero attached hydrogens (tertiary/aromatic N) is 1. The molecular formula is C18H28ClN3O3. The lowest BCUT2D eigenvalue weighted by molar-refractivity contribution is 0.0243. The van der Waals surface area contributed by atoms with Gasteiger partial charge in [-0.05, 0) is 44.4 Å². The van der Waals surface area contributed by atoms with Gasteiger partial charge in [-0.25, -0.2) is 0 Å². The minimum Gasteiger partial charge on any atom is -0.493 e. The van der Waals surface area contributed by atoms with Crippen LogP contribution in [0, 0.1) is 0 Å². The maximum atomic E-state index is 6.31. The van der Waals surface area contributed by atoms with Crippen molar-refractivity contribution in [2.75, 3.05) is 33.9 Å². The Morgan fingerprint density at radius 1 is 1.40 bits per heavy atom. The van der Waals surface area contributed by atoms with Gasteiger partial charge >= 0.3 is 0 Å². The quantitative estimate of drug-likeness (QED) is 0.571. The number of ether oxygens (including phenoxy) is 3. The summed E-state index contributed by atoms with van der Waals surface area (Å²) in [5, 5.41) is 7.14. The third-order valence-corrected chi connectivity index (χ3v) is 4.47. The molecule has 25 heavy (non-hydrogen) atoms. The number of aliphatic imine (C=N–C) groups is 1. The molecule has 140 valence electrons. The highest BCUT2D eigenvalue weighted by Gasteiger charge is 2.29. The van der Waals surface area contributed by atoms with E-state index in [0.717, 1.165) is 37.5 Å². The van der Waals surface area contributed by atoms with E-state index in [1.165, 1.54) is 0 Å². The normalized spacial score (nSPS) is 20.4. The standard InChI is InChI=1S/C18H28ClN3O3/c1-5-24-16-14(19)9-13(10-15(16)23-4)11-21-17(20-3)22-12-18(2)7-6-8-25-18/h9-10H,5-8,11-12H2,1-4H3,(H2,20,21,22). The Morgan fingerprint density at radius 3 is 2.80 bits per heavy atom. The molecule has 0 aromatic heterocycles. The first-order valence-corrected chi connectivity index (χ1v) is 8.97. The molecule has 1 atom stereocenters. The average molecular weight is 370 g/mol. The van der Waals surface area contributed by atoms with Crippen LogP contribution in [0.1, 0.15) is 32.3 Å². The van der Waals surface area contributed by atoms with Crippen LogP contribution >= 0.6 is 11.6 Å². The van der Waals surface area contributed by atoms with Crippen molar-refractivity contribution in [1.82, 2.24) is 10.6 Å². The monoisotopic (exact) mass is 369 g/mol. The molecule has 1 aliphatic rings. The molecule has 0 aliphatic carbocycles. The number of hydrogen-bond donors (Lipinski definition) is 2. The van der Waals surface area contributed by atoms with Gasteiger partial charge < -0.3 is 24.8 Å². The summed E-state index contributed by atoms with van der Waals surface area (Å²) in [5.41, 5.74) is 0.861. The Morgan fingerprint density at radius 2 is 2.20 bits per heavy atom. The van der Waals surface area contributed by atoms with Crippen molar-refractivity contribution in [2.45, 2.75) is 38.8 Å². The summed E-state index contributed by atoms with van der Waals surface area (Å²) >= 11 is 6.31. The maximum absolute atomic E-state index is 6.31. The number of methoxy groups -OCH3 is 1. The SMILES string of the molecule is CCOc1c(Cl)cc(CNC(=NC)NCC2(C)CCCO2)cc1OC. The molecular weight excluding hydrogens is 342 g/mol. The van der Waals surface area contributed by atoms with E-state index < -0.39 is 0 Å². The minimum atomic E-state index is -0.122. The molecule has 1 heterocycles. The molecule has 1 fully saturated rings. The minimum absolute atomic E-state index is 0.122. The van der Waals surface area contributed by atoms with Crippen LogP contribution in [0.15, 0.2) is 17.1 Å². The number of nitrogens with one attached hydrogen (secondary N) is 2. The second-order valence-corrected chi connectivity index (χ2v) is 6.63. The molecule has 0 saturated carbocycles. The molecule has 2 rings (SSSR count). The molecule has 0 spiro atoms. The molecule has 1 aromatic rings. The zero-order valence-corrected chi connectivity index (χ0v) is 16.2. The summed E-state index contributed by atoms with van der Waals surface area (Å²) in [4.78, 5) is 4.26. The van der Waals surface area contributed by atoms with E-state index in [1.807, 2.05) is 19.1 Å². The smallest absolute Gasteiger partial charge is 0.191 e. The predicted octanol–water partition coefficient (Wildman–Crippen LogP) is 2.98. The van der Waals surface area contributed by atoms with Crippen molar-refractivity contribution in [1.29, 1.82) is 0 Å². The van der Waals surface area contributed by atoms with Crippen molar-refractivity contribution in [3.63, 3.8) is 0 Å². The van der Waals surface area contributed by atoms with Gasteiger partial charge in [0, 0.05) is 26.7 Å². The van der Waals surface area contributed by atoms with Gasteiger partial charge in [-0.2, -0.15) is 0 Å². The number of halogens is 1. The van der Waals surface area contributed by atoms with E-state index in [-0.39, 0.29) is 5.60 Å². The summed E-state index contributed by atoms with van der Waals surface area (Å²) in [7, 11) is 3.35. The molecule has 6 nitrogen and oxygen atoms in total. The summed E-state index contributed by atoms with van der Waals surface area (Å²) in [6.45, 7) is 6.69. The van der Waals surface area contributed by atoms with Crippen LogP contribution in [0.4, 0.5) is 0 Å². The molecule has 2 N–H and O–H groups in total. The van der Waals surface area contributed by atoms with Crippen LogP contribution in [0.3, 0.4) is 0 Å². The molecule has 0 amide bonds. The van der Waals surface area contributed by atoms with Crippen LogP contribution in [-0.2, 0) is 11.3 Å². The van der Waals surface area contributed by atoms with Gasteiger partial charge in [0.2, 0.25) is 0 Å². The lowest BCUT2D eigenvalue weighted by Gasteiger charge is -2.24. The first-order chi connectivity index (χ1) is 12.0. The largest absolute Gasteiger partial charge is 0.493 e. The molecule has 1 aliphatic heterocycles. The molecule has 0 bridgehead atoms. The topological polar surface area (TPSA) is 64.1 Å². The second-order valence-electron chi connectivity index (χ2n) is 6.22. The number of hydrogen-bond acceptors (Lipinski definition) is 4. The summed E-state index contributed by atoms with van der Waals surface area (Å²) in [6.07, 6.45) is 2.16. The molecule has 1 unspecified atom stereocenters. The average Bonchev–Trinajstić information content (AvgIpc) is 3.04. The van der Waals surface area contributed by atoms with Gasteiger partial charge in [0.05, 0.1) is 24.3 Å². The van der Waals surface area contributed by atoms with Crippen molar-refractivity contribution >= 4 is 17.6 Å². The van der Waals surface area contributed by atoms with Crippen LogP contribution < -0.4 is 20.1 Å². The molecule has 0 radical (unpaired) electrons. The summed E-state index contributed by atoms with van der Waals surface area (Å²) < 4.78 is 16.7. The van der Waals surface area contributed by atoms with Gasteiger partial charge in [-0.3, -0.25) is 4.99 Å². The zero-order chi connectivity index (χ0) is 18.3. The highest BCUT2D eigenvalue weighted by Crippen LogP contribution is 2.36. The van der Waals surface area contributed by atoms with E-state index in [2.05, 4.69) is 22.5 Å². The lowest BCUT2D eigenvalue weighted by atomic mass is 10.0. The Hall–Kier alpha value is -1.66. The van der Waals surface area contributed by atoms with Crippen molar-refractivity contribution in [3.05, 3.63) is 22.7 Å². The first kappa shape index (κ1) is 19.7. The van der Waals surface area contributed by atoms with Crippen molar-refractivity contribution < 1.29 is 14.2 Å². The van der Waals surface area contributed by atoms with Gasteiger partial charge in [0.25, 0.3) is 0 Å². The Labute approximate surface area is 154 Å². The number of rotatable bonds is 7. The highest BCUT2D eigenvalue weighted by atomic mass is 35.5. The molecule has 1 aromatic carbocycles. The Bertz CT molecular complexity index is 601. The van der Waals surface area contributed by atoms with Gasteiger partial charge in [-0.15, -0.1) is 0 Å². The Kier molecular flexibility index (Phi) is 7.20. The van der Waals surface area contributed by atoms with Gasteiger partial charge in [-0.1, -0.05) is 11.6 Å².